The fourth-order valence-electron chi connectivity index (χ4n) is 3.47. The molecular weight excluding hydrogens is 246 g/mol. The molecule has 2 rings (SSSR count). The van der Waals surface area contributed by atoms with Crippen LogP contribution in [0.25, 0.3) is 0 Å². The molecule has 4 heteroatoms. The highest BCUT2D eigenvalue weighted by atomic mass is 79.9. The molecule has 3 atom stereocenters. The first-order chi connectivity index (χ1) is 6.26. The maximum absolute atomic E-state index is 11.2. The van der Waals surface area contributed by atoms with Crippen LogP contribution in [0.15, 0.2) is 0 Å². The molecule has 80 valence electrons. The molecule has 14 heavy (non-hydrogen) atoms. The maximum atomic E-state index is 11.2. The Labute approximate surface area is 92.5 Å². The van der Waals surface area contributed by atoms with Crippen LogP contribution in [-0.2, 0) is 0 Å². The Bertz CT molecular complexity index is 304. The van der Waals surface area contributed by atoms with Crippen molar-refractivity contribution in [1.29, 1.82) is 0 Å². The summed E-state index contributed by atoms with van der Waals surface area (Å²) in [5.74, 6) is 0.497. The Hall–Kier alpha value is -0.120. The van der Waals surface area contributed by atoms with Crippen LogP contribution in [0.5, 0.6) is 0 Å². The summed E-state index contributed by atoms with van der Waals surface area (Å²) in [5.41, 5.74) is -0.113. The zero-order valence-electron chi connectivity index (χ0n) is 8.84. The lowest BCUT2D eigenvalue weighted by molar-refractivity contribution is -0.555. The second-order valence-corrected chi connectivity index (χ2v) is 6.82. The van der Waals surface area contributed by atoms with Gasteiger partial charge in [-0.2, -0.15) is 0 Å². The normalized spacial score (nSPS) is 49.6. The number of fused-ring (bicyclic) bond motifs is 2. The van der Waals surface area contributed by atoms with Gasteiger partial charge in [0.15, 0.2) is 0 Å². The Kier molecular flexibility index (Phi) is 1.87. The molecule has 2 fully saturated rings. The molecule has 0 aromatic heterocycles. The fourth-order valence-corrected chi connectivity index (χ4v) is 4.57. The fraction of sp³-hybridized carbons (Fsp3) is 1.00. The van der Waals surface area contributed by atoms with Gasteiger partial charge in [-0.15, -0.1) is 0 Å². The van der Waals surface area contributed by atoms with E-state index >= 15 is 0 Å². The number of alkyl halides is 1. The summed E-state index contributed by atoms with van der Waals surface area (Å²) in [4.78, 5) is 11.0. The molecule has 0 saturated heterocycles. The number of nitro groups is 1. The molecular formula is C10H16BrNO2. The predicted octanol–water partition coefficient (Wildman–Crippen LogP) is 3.20. The average molecular weight is 262 g/mol. The zero-order chi connectivity index (χ0) is 10.8. The van der Waals surface area contributed by atoms with Gasteiger partial charge in [-0.3, -0.25) is 10.1 Å². The second-order valence-electron chi connectivity index (χ2n) is 5.51. The summed E-state index contributed by atoms with van der Waals surface area (Å²) < 4.78 is -0.883. The number of halogens is 1. The number of rotatable bonds is 1. The van der Waals surface area contributed by atoms with Crippen molar-refractivity contribution in [3.8, 4) is 0 Å². The third-order valence-electron chi connectivity index (χ3n) is 5.09. The predicted molar refractivity (Wildman–Crippen MR) is 57.9 cm³/mol. The van der Waals surface area contributed by atoms with E-state index in [1.807, 2.05) is 0 Å². The van der Waals surface area contributed by atoms with Crippen molar-refractivity contribution < 1.29 is 4.92 Å². The molecule has 3 nitrogen and oxygen atoms in total. The van der Waals surface area contributed by atoms with E-state index in [0.717, 1.165) is 12.8 Å². The Balaban J connectivity index is 2.50. The van der Waals surface area contributed by atoms with Crippen LogP contribution in [-0.4, -0.2) is 9.37 Å². The molecule has 0 N–H and O–H groups in total. The van der Waals surface area contributed by atoms with Crippen molar-refractivity contribution in [2.45, 2.75) is 44.5 Å². The molecule has 0 heterocycles. The van der Waals surface area contributed by atoms with Gasteiger partial charge >= 0.3 is 0 Å². The molecule has 2 bridgehead atoms. The minimum atomic E-state index is -0.883. The summed E-state index contributed by atoms with van der Waals surface area (Å²) in [7, 11) is 0. The summed E-state index contributed by atoms with van der Waals surface area (Å²) >= 11 is 3.40. The monoisotopic (exact) mass is 261 g/mol. The lowest BCUT2D eigenvalue weighted by Gasteiger charge is -2.38. The van der Waals surface area contributed by atoms with Gasteiger partial charge < -0.3 is 0 Å². The van der Waals surface area contributed by atoms with Crippen molar-refractivity contribution >= 4 is 15.9 Å². The minimum absolute atomic E-state index is 0.0869. The van der Waals surface area contributed by atoms with Gasteiger partial charge in [0, 0.05) is 27.3 Å². The van der Waals surface area contributed by atoms with Crippen molar-refractivity contribution in [3.63, 3.8) is 0 Å². The molecule has 2 aliphatic carbocycles. The van der Waals surface area contributed by atoms with Gasteiger partial charge in [0.05, 0.1) is 5.41 Å². The van der Waals surface area contributed by atoms with Crippen LogP contribution in [0.1, 0.15) is 40.0 Å². The van der Waals surface area contributed by atoms with Gasteiger partial charge in [0.2, 0.25) is 0 Å². The highest BCUT2D eigenvalue weighted by Gasteiger charge is 2.74. The maximum Gasteiger partial charge on any atom is 0.280 e. The first-order valence-electron chi connectivity index (χ1n) is 5.09. The van der Waals surface area contributed by atoms with E-state index in [4.69, 9.17) is 0 Å². The van der Waals surface area contributed by atoms with E-state index in [0.29, 0.717) is 12.3 Å². The van der Waals surface area contributed by atoms with Gasteiger partial charge in [-0.1, -0.05) is 20.8 Å². The molecule has 0 radical (unpaired) electrons. The third kappa shape index (κ3) is 0.841. The smallest absolute Gasteiger partial charge is 0.263 e. The third-order valence-corrected chi connectivity index (χ3v) is 6.58. The summed E-state index contributed by atoms with van der Waals surface area (Å²) in [6, 6.07) is 0. The Morgan fingerprint density at radius 3 is 2.21 bits per heavy atom. The molecule has 2 aliphatic rings. The first kappa shape index (κ1) is 10.4. The lowest BCUT2D eigenvalue weighted by atomic mass is 9.69. The van der Waals surface area contributed by atoms with E-state index in [1.54, 1.807) is 0 Å². The van der Waals surface area contributed by atoms with E-state index in [1.165, 1.54) is 0 Å². The molecule has 0 spiro atoms. The highest BCUT2D eigenvalue weighted by Crippen LogP contribution is 2.72. The van der Waals surface area contributed by atoms with Crippen molar-refractivity contribution in [1.82, 2.24) is 0 Å². The van der Waals surface area contributed by atoms with Crippen LogP contribution in [0.3, 0.4) is 0 Å². The van der Waals surface area contributed by atoms with E-state index in [2.05, 4.69) is 36.7 Å². The summed E-state index contributed by atoms with van der Waals surface area (Å²) in [6.07, 6.45) is 2.80. The van der Waals surface area contributed by atoms with Crippen LogP contribution in [0.4, 0.5) is 0 Å². The zero-order valence-corrected chi connectivity index (χ0v) is 10.4. The van der Waals surface area contributed by atoms with Crippen LogP contribution in [0, 0.1) is 26.9 Å². The van der Waals surface area contributed by atoms with Crippen molar-refractivity contribution in [3.05, 3.63) is 10.1 Å². The molecule has 0 aromatic carbocycles. The highest BCUT2D eigenvalue weighted by molar-refractivity contribution is 9.10. The molecule has 0 aromatic rings. The first-order valence-corrected chi connectivity index (χ1v) is 5.88. The molecule has 0 amide bonds. The Morgan fingerprint density at radius 2 is 2.00 bits per heavy atom. The largest absolute Gasteiger partial charge is 0.280 e. The Morgan fingerprint density at radius 1 is 1.43 bits per heavy atom. The average Bonchev–Trinajstić information content (AvgIpc) is 2.36. The number of hydrogen-bond donors (Lipinski definition) is 0. The number of hydrogen-bond acceptors (Lipinski definition) is 2. The van der Waals surface area contributed by atoms with Gasteiger partial charge in [0.1, 0.15) is 0 Å². The van der Waals surface area contributed by atoms with Crippen molar-refractivity contribution in [2.75, 3.05) is 0 Å². The minimum Gasteiger partial charge on any atom is -0.263 e. The van der Waals surface area contributed by atoms with Gasteiger partial charge in [-0.25, -0.2) is 0 Å². The molecule has 2 saturated carbocycles. The quantitative estimate of drug-likeness (QED) is 0.315. The van der Waals surface area contributed by atoms with Gasteiger partial charge in [0.25, 0.3) is 4.45 Å². The van der Waals surface area contributed by atoms with E-state index in [9.17, 15) is 10.1 Å². The van der Waals surface area contributed by atoms with Crippen LogP contribution in [0.2, 0.25) is 0 Å². The summed E-state index contributed by atoms with van der Waals surface area (Å²) in [5, 5.41) is 11.2. The molecule has 3 unspecified atom stereocenters. The van der Waals surface area contributed by atoms with Crippen LogP contribution >= 0.6 is 15.9 Å². The van der Waals surface area contributed by atoms with E-state index < -0.39 is 4.45 Å². The lowest BCUT2D eigenvalue weighted by Crippen LogP contribution is -2.48. The van der Waals surface area contributed by atoms with E-state index in [-0.39, 0.29) is 15.8 Å². The SMILES string of the molecule is CC1(C)C2CCC1(C)C(Br)([N+](=O)[O-])C2. The summed E-state index contributed by atoms with van der Waals surface area (Å²) in [6.45, 7) is 6.42. The van der Waals surface area contributed by atoms with Gasteiger partial charge in [-0.05, 0) is 24.2 Å². The van der Waals surface area contributed by atoms with Crippen molar-refractivity contribution in [2.24, 2.45) is 16.7 Å². The van der Waals surface area contributed by atoms with Crippen LogP contribution < -0.4 is 0 Å². The topological polar surface area (TPSA) is 43.1 Å². The molecule has 0 aliphatic heterocycles. The number of nitrogens with zero attached hydrogens (tertiary/aromatic N) is 1. The second kappa shape index (κ2) is 2.52. The standard InChI is InChI=1S/C10H16BrNO2/c1-8(2)7-4-5-9(8,3)10(11,6-7)12(13)14/h7H,4-6H2,1-3H3.